The molecule has 0 saturated carbocycles. The molecule has 0 spiro atoms. The minimum atomic E-state index is -0.0226. The molecule has 2 nitrogen and oxygen atoms in total. The largest absolute Gasteiger partial charge is 0.324 e. The van der Waals surface area contributed by atoms with Crippen LogP contribution >= 0.6 is 0 Å². The van der Waals surface area contributed by atoms with E-state index < -0.39 is 0 Å². The Hall–Kier alpha value is -0.0800. The van der Waals surface area contributed by atoms with Crippen LogP contribution in [0.15, 0.2) is 0 Å². The number of likely N-dealkylation sites (N-methyl/N-ethyl adjacent to an activating group) is 1. The minimum Gasteiger partial charge on any atom is -0.324 e. The quantitative estimate of drug-likeness (QED) is 0.587. The maximum Gasteiger partial charge on any atom is 0.0267 e. The summed E-state index contributed by atoms with van der Waals surface area (Å²) in [6.45, 7) is 5.43. The van der Waals surface area contributed by atoms with Crippen molar-refractivity contribution in [3.05, 3.63) is 0 Å². The fourth-order valence-corrected chi connectivity index (χ4v) is 1.85. The van der Waals surface area contributed by atoms with Gasteiger partial charge >= 0.3 is 0 Å². The Balaban J connectivity index is 2.55. The highest BCUT2D eigenvalue weighted by molar-refractivity contribution is 4.92. The van der Waals surface area contributed by atoms with Crippen molar-refractivity contribution in [2.75, 3.05) is 13.6 Å². The Kier molecular flexibility index (Phi) is 2.02. The van der Waals surface area contributed by atoms with E-state index in [9.17, 15) is 0 Å². The molecule has 0 aromatic carbocycles. The molecule has 1 unspecified atom stereocenters. The van der Waals surface area contributed by atoms with Crippen LogP contribution in [0.25, 0.3) is 0 Å². The lowest BCUT2D eigenvalue weighted by Crippen LogP contribution is -2.50. The van der Waals surface area contributed by atoms with Crippen LogP contribution in [0.5, 0.6) is 0 Å². The molecule has 0 aromatic rings. The van der Waals surface area contributed by atoms with Gasteiger partial charge in [-0.15, -0.1) is 0 Å². The Labute approximate surface area is 63.4 Å². The standard InChI is InChI=1S/C8H18N2/c1-8(2,9)7-5-4-6-10(7)3/h7H,4-6,9H2,1-3H3. The monoisotopic (exact) mass is 142 g/mol. The summed E-state index contributed by atoms with van der Waals surface area (Å²) in [5, 5.41) is 0. The van der Waals surface area contributed by atoms with Gasteiger partial charge in [-0.2, -0.15) is 0 Å². The fourth-order valence-electron chi connectivity index (χ4n) is 1.85. The van der Waals surface area contributed by atoms with Gasteiger partial charge in [-0.1, -0.05) is 0 Å². The van der Waals surface area contributed by atoms with Crippen molar-refractivity contribution in [2.45, 2.75) is 38.3 Å². The van der Waals surface area contributed by atoms with Crippen molar-refractivity contribution in [2.24, 2.45) is 5.73 Å². The lowest BCUT2D eigenvalue weighted by molar-refractivity contribution is 0.220. The highest BCUT2D eigenvalue weighted by atomic mass is 15.2. The number of nitrogens with zero attached hydrogens (tertiary/aromatic N) is 1. The van der Waals surface area contributed by atoms with Gasteiger partial charge in [-0.25, -0.2) is 0 Å². The van der Waals surface area contributed by atoms with Crippen molar-refractivity contribution in [1.82, 2.24) is 4.90 Å². The summed E-state index contributed by atoms with van der Waals surface area (Å²) in [7, 11) is 2.16. The zero-order chi connectivity index (χ0) is 7.78. The minimum absolute atomic E-state index is 0.0226. The van der Waals surface area contributed by atoms with E-state index in [1.807, 2.05) is 0 Å². The van der Waals surface area contributed by atoms with Crippen LogP contribution in [0.3, 0.4) is 0 Å². The number of hydrogen-bond acceptors (Lipinski definition) is 2. The van der Waals surface area contributed by atoms with Crippen LogP contribution in [0.1, 0.15) is 26.7 Å². The van der Waals surface area contributed by atoms with Gasteiger partial charge in [0, 0.05) is 11.6 Å². The number of hydrogen-bond donors (Lipinski definition) is 1. The normalized spacial score (nSPS) is 29.4. The second-order valence-corrected chi connectivity index (χ2v) is 3.96. The first-order valence-corrected chi connectivity index (χ1v) is 4.01. The van der Waals surface area contributed by atoms with Crippen molar-refractivity contribution in [3.63, 3.8) is 0 Å². The highest BCUT2D eigenvalue weighted by Crippen LogP contribution is 2.22. The van der Waals surface area contributed by atoms with Crippen molar-refractivity contribution >= 4 is 0 Å². The lowest BCUT2D eigenvalue weighted by Gasteiger charge is -2.32. The highest BCUT2D eigenvalue weighted by Gasteiger charge is 2.31. The van der Waals surface area contributed by atoms with Crippen LogP contribution in [-0.2, 0) is 0 Å². The summed E-state index contributed by atoms with van der Waals surface area (Å²) in [5.41, 5.74) is 5.97. The van der Waals surface area contributed by atoms with Crippen molar-refractivity contribution in [3.8, 4) is 0 Å². The fraction of sp³-hybridized carbons (Fsp3) is 1.00. The molecule has 0 bridgehead atoms. The molecule has 1 saturated heterocycles. The van der Waals surface area contributed by atoms with E-state index in [0.717, 1.165) is 0 Å². The maximum atomic E-state index is 5.99. The summed E-state index contributed by atoms with van der Waals surface area (Å²) in [4.78, 5) is 2.36. The third kappa shape index (κ3) is 1.50. The number of nitrogens with two attached hydrogens (primary N) is 1. The zero-order valence-corrected chi connectivity index (χ0v) is 7.22. The van der Waals surface area contributed by atoms with Crippen LogP contribution in [0.2, 0.25) is 0 Å². The van der Waals surface area contributed by atoms with E-state index in [1.165, 1.54) is 19.4 Å². The second-order valence-electron chi connectivity index (χ2n) is 3.96. The Morgan fingerprint density at radius 3 is 2.30 bits per heavy atom. The average Bonchev–Trinajstić information content (AvgIpc) is 2.11. The SMILES string of the molecule is CN1CCCC1C(C)(C)N. The number of rotatable bonds is 1. The van der Waals surface area contributed by atoms with Gasteiger partial charge in [0.05, 0.1) is 0 Å². The molecule has 0 radical (unpaired) electrons. The molecule has 60 valence electrons. The van der Waals surface area contributed by atoms with Crippen molar-refractivity contribution < 1.29 is 0 Å². The van der Waals surface area contributed by atoms with Crippen LogP contribution < -0.4 is 5.73 Å². The van der Waals surface area contributed by atoms with Crippen LogP contribution in [0.4, 0.5) is 0 Å². The Bertz CT molecular complexity index is 115. The van der Waals surface area contributed by atoms with Gasteiger partial charge < -0.3 is 10.6 Å². The summed E-state index contributed by atoms with van der Waals surface area (Å²) in [6.07, 6.45) is 2.57. The molecule has 1 aliphatic heterocycles. The molecule has 1 heterocycles. The zero-order valence-electron chi connectivity index (χ0n) is 7.22. The van der Waals surface area contributed by atoms with E-state index in [0.29, 0.717) is 6.04 Å². The maximum absolute atomic E-state index is 5.99. The lowest BCUT2D eigenvalue weighted by atomic mass is 9.94. The van der Waals surface area contributed by atoms with Crippen LogP contribution in [0, 0.1) is 0 Å². The molecule has 1 atom stereocenters. The molecule has 1 rings (SSSR count). The first kappa shape index (κ1) is 8.02. The van der Waals surface area contributed by atoms with Gasteiger partial charge in [-0.3, -0.25) is 0 Å². The first-order valence-electron chi connectivity index (χ1n) is 4.01. The molecular formula is C8H18N2. The predicted molar refractivity (Wildman–Crippen MR) is 43.9 cm³/mol. The molecule has 2 N–H and O–H groups in total. The van der Waals surface area contributed by atoms with E-state index in [4.69, 9.17) is 5.73 Å². The van der Waals surface area contributed by atoms with Gasteiger partial charge in [-0.05, 0) is 40.3 Å². The average molecular weight is 142 g/mol. The summed E-state index contributed by atoms with van der Waals surface area (Å²) >= 11 is 0. The predicted octanol–water partition coefficient (Wildman–Crippen LogP) is 0.818. The third-order valence-corrected chi connectivity index (χ3v) is 2.38. The molecule has 0 aromatic heterocycles. The Morgan fingerprint density at radius 2 is 2.10 bits per heavy atom. The molecule has 1 aliphatic rings. The summed E-state index contributed by atoms with van der Waals surface area (Å²) in [5.74, 6) is 0. The summed E-state index contributed by atoms with van der Waals surface area (Å²) < 4.78 is 0. The van der Waals surface area contributed by atoms with Gasteiger partial charge in [0.2, 0.25) is 0 Å². The Morgan fingerprint density at radius 1 is 1.50 bits per heavy atom. The van der Waals surface area contributed by atoms with Crippen molar-refractivity contribution in [1.29, 1.82) is 0 Å². The van der Waals surface area contributed by atoms with Gasteiger partial charge in [0.1, 0.15) is 0 Å². The van der Waals surface area contributed by atoms with E-state index in [1.54, 1.807) is 0 Å². The second kappa shape index (κ2) is 2.51. The van der Waals surface area contributed by atoms with Crippen LogP contribution in [-0.4, -0.2) is 30.1 Å². The number of likely N-dealkylation sites (tertiary alicyclic amines) is 1. The topological polar surface area (TPSA) is 29.3 Å². The molecular weight excluding hydrogens is 124 g/mol. The molecule has 0 amide bonds. The molecule has 0 aliphatic carbocycles. The molecule has 2 heteroatoms. The third-order valence-electron chi connectivity index (χ3n) is 2.38. The smallest absolute Gasteiger partial charge is 0.0267 e. The first-order chi connectivity index (χ1) is 4.52. The van der Waals surface area contributed by atoms with E-state index in [2.05, 4.69) is 25.8 Å². The molecule has 1 fully saturated rings. The van der Waals surface area contributed by atoms with Gasteiger partial charge in [0.25, 0.3) is 0 Å². The summed E-state index contributed by atoms with van der Waals surface area (Å²) in [6, 6.07) is 0.590. The molecule has 10 heavy (non-hydrogen) atoms. The van der Waals surface area contributed by atoms with E-state index >= 15 is 0 Å². The van der Waals surface area contributed by atoms with E-state index in [-0.39, 0.29) is 5.54 Å². The van der Waals surface area contributed by atoms with Gasteiger partial charge in [0.15, 0.2) is 0 Å².